The second kappa shape index (κ2) is 7.59. The summed E-state index contributed by atoms with van der Waals surface area (Å²) in [5, 5.41) is 6.76. The Bertz CT molecular complexity index is 722. The molecule has 25 heavy (non-hydrogen) atoms. The van der Waals surface area contributed by atoms with E-state index in [1.54, 1.807) is 23.4 Å². The second-order valence-electron chi connectivity index (χ2n) is 7.06. The van der Waals surface area contributed by atoms with E-state index in [-0.39, 0.29) is 17.6 Å². The van der Waals surface area contributed by atoms with Crippen LogP contribution in [0.5, 0.6) is 0 Å². The van der Waals surface area contributed by atoms with Crippen LogP contribution in [0.3, 0.4) is 0 Å². The Morgan fingerprint density at radius 3 is 2.80 bits per heavy atom. The predicted molar refractivity (Wildman–Crippen MR) is 94.9 cm³/mol. The summed E-state index contributed by atoms with van der Waals surface area (Å²) in [7, 11) is 0. The van der Waals surface area contributed by atoms with E-state index < -0.39 is 0 Å². The first kappa shape index (κ1) is 17.3. The van der Waals surface area contributed by atoms with E-state index >= 15 is 0 Å². The summed E-state index contributed by atoms with van der Waals surface area (Å²) in [5.74, 6) is 0.557. The number of pyridine rings is 1. The molecule has 1 saturated heterocycles. The number of likely N-dealkylation sites (tertiary alicyclic amines) is 1. The van der Waals surface area contributed by atoms with Crippen LogP contribution in [0, 0.1) is 11.8 Å². The van der Waals surface area contributed by atoms with Crippen LogP contribution in [0.2, 0.25) is 0 Å². The molecule has 6 nitrogen and oxygen atoms in total. The highest BCUT2D eigenvalue weighted by Gasteiger charge is 2.29. The van der Waals surface area contributed by atoms with E-state index in [0.29, 0.717) is 31.0 Å². The topological polar surface area (TPSA) is 79.0 Å². The number of H-pyrrole nitrogens is 1. The van der Waals surface area contributed by atoms with E-state index in [4.69, 9.17) is 0 Å². The molecule has 6 heteroatoms. The van der Waals surface area contributed by atoms with Gasteiger partial charge in [0.2, 0.25) is 0 Å². The lowest BCUT2D eigenvalue weighted by atomic mass is 9.89. The van der Waals surface area contributed by atoms with Gasteiger partial charge in [0.1, 0.15) is 5.78 Å². The maximum Gasteiger partial charge on any atom is 0.255 e. The molecule has 132 valence electrons. The monoisotopic (exact) mass is 340 g/mol. The summed E-state index contributed by atoms with van der Waals surface area (Å²) in [5.41, 5.74) is 2.12. The van der Waals surface area contributed by atoms with Gasteiger partial charge in [0.05, 0.1) is 17.0 Å². The zero-order valence-corrected chi connectivity index (χ0v) is 14.7. The quantitative estimate of drug-likeness (QED) is 0.907. The van der Waals surface area contributed by atoms with Crippen LogP contribution in [0.1, 0.15) is 43.5 Å². The molecule has 2 aromatic rings. The summed E-state index contributed by atoms with van der Waals surface area (Å²) < 4.78 is 0. The first-order chi connectivity index (χ1) is 12.0. The minimum Gasteiger partial charge on any atom is -0.338 e. The largest absolute Gasteiger partial charge is 0.338 e. The normalized spacial score (nSPS) is 17.7. The van der Waals surface area contributed by atoms with E-state index in [9.17, 15) is 9.59 Å². The molecule has 0 radical (unpaired) electrons. The number of nitrogens with zero attached hydrogens (tertiary/aromatic N) is 3. The average molecular weight is 340 g/mol. The van der Waals surface area contributed by atoms with Gasteiger partial charge in [0.15, 0.2) is 0 Å². The Morgan fingerprint density at radius 2 is 2.16 bits per heavy atom. The van der Waals surface area contributed by atoms with Crippen LogP contribution in [0.4, 0.5) is 0 Å². The fourth-order valence-corrected chi connectivity index (χ4v) is 3.25. The molecule has 0 unspecified atom stereocenters. The number of amides is 1. The molecule has 1 N–H and O–H groups in total. The highest BCUT2D eigenvalue weighted by molar-refractivity contribution is 5.94. The van der Waals surface area contributed by atoms with Crippen molar-refractivity contribution in [3.8, 4) is 11.4 Å². The number of nitrogens with one attached hydrogen (secondary N) is 1. The second-order valence-corrected chi connectivity index (χ2v) is 7.06. The van der Waals surface area contributed by atoms with Gasteiger partial charge in [-0.25, -0.2) is 0 Å². The van der Waals surface area contributed by atoms with E-state index in [1.165, 1.54) is 0 Å². The van der Waals surface area contributed by atoms with Crippen molar-refractivity contribution in [3.63, 3.8) is 0 Å². The van der Waals surface area contributed by atoms with Crippen molar-refractivity contribution in [2.75, 3.05) is 13.1 Å². The Balaban J connectivity index is 1.67. The first-order valence-corrected chi connectivity index (χ1v) is 8.82. The van der Waals surface area contributed by atoms with Crippen LogP contribution in [-0.2, 0) is 4.79 Å². The highest BCUT2D eigenvalue weighted by Crippen LogP contribution is 2.22. The van der Waals surface area contributed by atoms with Crippen molar-refractivity contribution in [3.05, 3.63) is 36.2 Å². The van der Waals surface area contributed by atoms with Gasteiger partial charge in [0.25, 0.3) is 5.91 Å². The summed E-state index contributed by atoms with van der Waals surface area (Å²) in [6.45, 7) is 5.33. The zero-order valence-electron chi connectivity index (χ0n) is 14.7. The smallest absolute Gasteiger partial charge is 0.255 e. The Kier molecular flexibility index (Phi) is 5.26. The Hall–Kier alpha value is -2.50. The van der Waals surface area contributed by atoms with Gasteiger partial charge in [-0.15, -0.1) is 0 Å². The Labute approximate surface area is 147 Å². The predicted octanol–water partition coefficient (Wildman–Crippen LogP) is 2.94. The average Bonchev–Trinajstić information content (AvgIpc) is 3.15. The number of aromatic amines is 1. The van der Waals surface area contributed by atoms with Gasteiger partial charge in [-0.05, 0) is 37.0 Å². The first-order valence-electron chi connectivity index (χ1n) is 8.82. The van der Waals surface area contributed by atoms with Crippen molar-refractivity contribution in [1.29, 1.82) is 0 Å². The molecule has 3 rings (SSSR count). The van der Waals surface area contributed by atoms with Crippen molar-refractivity contribution >= 4 is 11.7 Å². The number of rotatable bonds is 5. The van der Waals surface area contributed by atoms with Gasteiger partial charge in [0, 0.05) is 37.8 Å². The van der Waals surface area contributed by atoms with Crippen molar-refractivity contribution in [1.82, 2.24) is 20.1 Å². The number of hydrogen-bond acceptors (Lipinski definition) is 4. The number of carbonyl (C=O) groups excluding carboxylic acids is 2. The molecule has 1 aliphatic rings. The number of carbonyl (C=O) groups is 2. The fraction of sp³-hybridized carbons (Fsp3) is 0.474. The molecule has 1 fully saturated rings. The fourth-order valence-electron chi connectivity index (χ4n) is 3.25. The van der Waals surface area contributed by atoms with Crippen LogP contribution < -0.4 is 0 Å². The zero-order chi connectivity index (χ0) is 17.8. The van der Waals surface area contributed by atoms with Crippen molar-refractivity contribution in [2.24, 2.45) is 11.8 Å². The Morgan fingerprint density at radius 1 is 1.32 bits per heavy atom. The molecule has 1 aliphatic heterocycles. The third-order valence-corrected chi connectivity index (χ3v) is 4.56. The summed E-state index contributed by atoms with van der Waals surface area (Å²) >= 11 is 0. The van der Waals surface area contributed by atoms with E-state index in [0.717, 1.165) is 24.2 Å². The molecule has 0 saturated carbocycles. The van der Waals surface area contributed by atoms with Gasteiger partial charge in [-0.3, -0.25) is 19.7 Å². The molecular formula is C19H24N4O2. The summed E-state index contributed by atoms with van der Waals surface area (Å²) in [6, 6.07) is 5.43. The number of Topliss-reactive ketones (excluding diaryl/α,β-unsaturated/α-hetero) is 1. The lowest BCUT2D eigenvalue weighted by Crippen LogP contribution is -2.42. The van der Waals surface area contributed by atoms with Crippen LogP contribution in [-0.4, -0.2) is 44.9 Å². The van der Waals surface area contributed by atoms with Crippen LogP contribution in [0.15, 0.2) is 30.6 Å². The molecular weight excluding hydrogens is 316 g/mol. The third-order valence-electron chi connectivity index (χ3n) is 4.56. The van der Waals surface area contributed by atoms with E-state index in [2.05, 4.69) is 29.0 Å². The standard InChI is InChI=1S/C19H24N4O2/c1-13(2)10-18(24)15-4-3-9-23(12-15)19(25)14-5-6-16(20-11-14)17-7-8-21-22-17/h5-8,11,13,15H,3-4,9-10,12H2,1-2H3,(H,21,22)/t15-/m1/s1. The maximum atomic E-state index is 12.7. The molecule has 0 spiro atoms. The molecule has 0 aromatic carbocycles. The molecule has 3 heterocycles. The van der Waals surface area contributed by atoms with Crippen LogP contribution in [0.25, 0.3) is 11.4 Å². The minimum atomic E-state index is -0.0503. The molecule has 1 amide bonds. The molecule has 0 bridgehead atoms. The molecule has 1 atom stereocenters. The van der Waals surface area contributed by atoms with Crippen molar-refractivity contribution < 1.29 is 9.59 Å². The summed E-state index contributed by atoms with van der Waals surface area (Å²) in [6.07, 6.45) is 5.61. The van der Waals surface area contributed by atoms with Gasteiger partial charge in [-0.1, -0.05) is 13.8 Å². The number of aromatic nitrogens is 3. The number of ketones is 1. The summed E-state index contributed by atoms with van der Waals surface area (Å²) in [4.78, 5) is 31.2. The SMILES string of the molecule is CC(C)CC(=O)[C@@H]1CCCN(C(=O)c2ccc(-c3ccn[nH]3)nc2)C1. The minimum absolute atomic E-state index is 0.0303. The molecule has 0 aliphatic carbocycles. The van der Waals surface area contributed by atoms with Gasteiger partial charge in [-0.2, -0.15) is 5.10 Å². The van der Waals surface area contributed by atoms with Crippen LogP contribution >= 0.6 is 0 Å². The highest BCUT2D eigenvalue weighted by atomic mass is 16.2. The third kappa shape index (κ3) is 4.13. The number of hydrogen-bond donors (Lipinski definition) is 1. The lowest BCUT2D eigenvalue weighted by Gasteiger charge is -2.32. The van der Waals surface area contributed by atoms with Gasteiger partial charge < -0.3 is 4.90 Å². The van der Waals surface area contributed by atoms with Gasteiger partial charge >= 0.3 is 0 Å². The van der Waals surface area contributed by atoms with Crippen molar-refractivity contribution in [2.45, 2.75) is 33.1 Å². The maximum absolute atomic E-state index is 12.7. The van der Waals surface area contributed by atoms with E-state index in [1.807, 2.05) is 12.1 Å². The number of piperidine rings is 1. The lowest BCUT2D eigenvalue weighted by molar-refractivity contribution is -0.124. The molecule has 2 aromatic heterocycles.